The van der Waals surface area contributed by atoms with Crippen molar-refractivity contribution in [2.24, 2.45) is 53.3 Å². The molecule has 0 aromatic carbocycles. The average molecular weight is 676 g/mol. The number of halogens is 4. The standard InChI is InChI=1S/C41H61F4NO2/c1-5-6-29(40(48)30-12-16-35-32(22-30)19-25(3)26(4)39(35)46)21-31-20-27(8-7-24(31)2)9-18-38(47)36-17-13-33(41(43,44)45)23-37(36)28-10-14-34(42)15-11-28/h7-8,19,21,26,28,30-38,40,46-48H,5-6,9-18,20,22-23H2,1-4H3. The molecule has 0 radical (unpaired) electrons. The van der Waals surface area contributed by atoms with E-state index in [1.165, 1.54) is 16.7 Å². The van der Waals surface area contributed by atoms with Crippen molar-refractivity contribution in [2.45, 2.75) is 149 Å². The lowest BCUT2D eigenvalue weighted by atomic mass is 9.63. The van der Waals surface area contributed by atoms with Crippen molar-refractivity contribution in [3.63, 3.8) is 0 Å². The first-order valence-corrected chi connectivity index (χ1v) is 19.2. The van der Waals surface area contributed by atoms with E-state index in [1.54, 1.807) is 0 Å². The number of nitrogens with one attached hydrogen (secondary N) is 1. The maximum Gasteiger partial charge on any atom is 0.391 e. The zero-order valence-corrected chi connectivity index (χ0v) is 29.8. The van der Waals surface area contributed by atoms with E-state index in [1.807, 2.05) is 0 Å². The van der Waals surface area contributed by atoms with Gasteiger partial charge in [0.25, 0.3) is 0 Å². The van der Waals surface area contributed by atoms with Crippen LogP contribution in [-0.2, 0) is 0 Å². The molecule has 3 fully saturated rings. The fourth-order valence-corrected chi connectivity index (χ4v) is 10.2. The number of allylic oxidation sites excluding steroid dienone is 7. The van der Waals surface area contributed by atoms with Crippen molar-refractivity contribution in [3.05, 3.63) is 46.6 Å². The Morgan fingerprint density at radius 1 is 0.979 bits per heavy atom. The highest BCUT2D eigenvalue weighted by molar-refractivity contribution is 5.89. The minimum Gasteiger partial charge on any atom is -0.393 e. The van der Waals surface area contributed by atoms with Crippen molar-refractivity contribution in [1.29, 1.82) is 5.41 Å². The van der Waals surface area contributed by atoms with Gasteiger partial charge in [0.1, 0.15) is 6.17 Å². The summed E-state index contributed by atoms with van der Waals surface area (Å²) in [7, 11) is 0. The molecular weight excluding hydrogens is 614 g/mol. The Morgan fingerprint density at radius 2 is 1.71 bits per heavy atom. The van der Waals surface area contributed by atoms with Crippen LogP contribution in [0.1, 0.15) is 124 Å². The van der Waals surface area contributed by atoms with Gasteiger partial charge >= 0.3 is 6.18 Å². The van der Waals surface area contributed by atoms with Crippen molar-refractivity contribution in [1.82, 2.24) is 0 Å². The lowest BCUT2D eigenvalue weighted by Crippen LogP contribution is -2.42. The van der Waals surface area contributed by atoms with Crippen LogP contribution < -0.4 is 0 Å². The van der Waals surface area contributed by atoms with Gasteiger partial charge in [0.15, 0.2) is 0 Å². The Kier molecular flexibility index (Phi) is 12.6. The Balaban J connectivity index is 1.22. The van der Waals surface area contributed by atoms with E-state index >= 15 is 0 Å². The summed E-state index contributed by atoms with van der Waals surface area (Å²) in [5.74, 6) is -0.414. The van der Waals surface area contributed by atoms with Crippen LogP contribution in [0.5, 0.6) is 0 Å². The molecule has 5 rings (SSSR count). The van der Waals surface area contributed by atoms with Gasteiger partial charge in [0, 0.05) is 23.5 Å². The Bertz CT molecular complexity index is 1240. The monoisotopic (exact) mass is 675 g/mol. The minimum atomic E-state index is -4.22. The highest BCUT2D eigenvalue weighted by atomic mass is 19.4. The maximum atomic E-state index is 13.9. The number of hydrogen-bond acceptors (Lipinski definition) is 3. The Labute approximate surface area is 286 Å². The van der Waals surface area contributed by atoms with Crippen LogP contribution in [0.15, 0.2) is 46.6 Å². The molecular formula is C41H61F4NO2. The molecule has 0 amide bonds. The van der Waals surface area contributed by atoms with Crippen LogP contribution in [0.3, 0.4) is 0 Å². The van der Waals surface area contributed by atoms with E-state index in [0.29, 0.717) is 56.8 Å². The van der Waals surface area contributed by atoms with Crippen LogP contribution >= 0.6 is 0 Å². The van der Waals surface area contributed by atoms with Gasteiger partial charge < -0.3 is 15.6 Å². The van der Waals surface area contributed by atoms with Crippen LogP contribution in [0.4, 0.5) is 17.6 Å². The quantitative estimate of drug-likeness (QED) is 0.159. The van der Waals surface area contributed by atoms with Gasteiger partial charge in [-0.3, -0.25) is 0 Å². The molecule has 0 spiro atoms. The van der Waals surface area contributed by atoms with Gasteiger partial charge in [-0.05, 0) is 139 Å². The maximum absolute atomic E-state index is 13.9. The second-order valence-electron chi connectivity index (χ2n) is 16.4. The van der Waals surface area contributed by atoms with Gasteiger partial charge in [-0.25, -0.2) is 4.39 Å². The molecule has 48 heavy (non-hydrogen) atoms. The summed E-state index contributed by atoms with van der Waals surface area (Å²) in [4.78, 5) is 0. The van der Waals surface area contributed by atoms with Gasteiger partial charge in [-0.15, -0.1) is 0 Å². The zero-order valence-electron chi connectivity index (χ0n) is 29.8. The average Bonchev–Trinajstić information content (AvgIpc) is 3.06. The SMILES string of the molecule is CCCC(=CC1CC(CCC(O)C2CCC(C(F)(F)F)CC2C2CCC(F)CC2)=CC=C1C)C(O)C1CCC2C(=N)C(C)C(C)=CC2C1. The van der Waals surface area contributed by atoms with Gasteiger partial charge in [-0.1, -0.05) is 61.3 Å². The molecule has 3 N–H and O–H groups in total. The molecule has 3 nitrogen and oxygen atoms in total. The Hall–Kier alpha value is -1.73. The molecule has 10 unspecified atom stereocenters. The number of aliphatic hydroxyl groups excluding tert-OH is 2. The molecule has 3 saturated carbocycles. The molecule has 0 aliphatic heterocycles. The van der Waals surface area contributed by atoms with Crippen molar-refractivity contribution < 1.29 is 27.8 Å². The van der Waals surface area contributed by atoms with Crippen LogP contribution in [0.2, 0.25) is 0 Å². The first-order chi connectivity index (χ1) is 22.8. The number of alkyl halides is 4. The number of rotatable bonds is 10. The number of fused-ring (bicyclic) bond motifs is 1. The molecule has 0 bridgehead atoms. The highest BCUT2D eigenvalue weighted by Gasteiger charge is 2.48. The third-order valence-corrected chi connectivity index (χ3v) is 13.4. The Morgan fingerprint density at radius 3 is 2.40 bits per heavy atom. The summed E-state index contributed by atoms with van der Waals surface area (Å²) in [6.45, 7) is 8.57. The van der Waals surface area contributed by atoms with E-state index in [4.69, 9.17) is 5.41 Å². The fraction of sp³-hybridized carbons (Fsp3) is 0.780. The number of hydrogen-bond donors (Lipinski definition) is 3. The molecule has 0 heterocycles. The normalized spacial score (nSPS) is 38.0. The van der Waals surface area contributed by atoms with Gasteiger partial charge in [0.05, 0.1) is 18.1 Å². The smallest absolute Gasteiger partial charge is 0.391 e. The minimum absolute atomic E-state index is 0.0585. The van der Waals surface area contributed by atoms with Gasteiger partial charge in [-0.2, -0.15) is 13.2 Å². The third-order valence-electron chi connectivity index (χ3n) is 13.4. The predicted molar refractivity (Wildman–Crippen MR) is 186 cm³/mol. The lowest BCUT2D eigenvalue weighted by molar-refractivity contribution is -0.195. The van der Waals surface area contributed by atoms with Crippen molar-refractivity contribution >= 4 is 5.71 Å². The second kappa shape index (κ2) is 16.1. The van der Waals surface area contributed by atoms with E-state index < -0.39 is 30.5 Å². The molecule has 5 aliphatic rings. The number of aliphatic hydroxyl groups is 2. The lowest BCUT2D eigenvalue weighted by Gasteiger charge is -2.44. The van der Waals surface area contributed by atoms with Gasteiger partial charge in [0.2, 0.25) is 0 Å². The molecule has 0 saturated heterocycles. The van der Waals surface area contributed by atoms with Crippen LogP contribution in [0.25, 0.3) is 0 Å². The summed E-state index contributed by atoms with van der Waals surface area (Å²) >= 11 is 0. The van der Waals surface area contributed by atoms with E-state index in [2.05, 4.69) is 52.0 Å². The molecule has 0 aromatic heterocycles. The van der Waals surface area contributed by atoms with E-state index in [0.717, 1.165) is 49.8 Å². The third kappa shape index (κ3) is 8.76. The highest BCUT2D eigenvalue weighted by Crippen LogP contribution is 2.50. The van der Waals surface area contributed by atoms with Crippen molar-refractivity contribution in [2.75, 3.05) is 0 Å². The topological polar surface area (TPSA) is 64.3 Å². The van der Waals surface area contributed by atoms with Crippen molar-refractivity contribution in [3.8, 4) is 0 Å². The summed E-state index contributed by atoms with van der Waals surface area (Å²) in [5.41, 5.74) is 5.75. The van der Waals surface area contributed by atoms with Crippen LogP contribution in [-0.4, -0.2) is 40.5 Å². The fourth-order valence-electron chi connectivity index (χ4n) is 10.2. The largest absolute Gasteiger partial charge is 0.393 e. The molecule has 5 aliphatic carbocycles. The summed E-state index contributed by atoms with van der Waals surface area (Å²) in [6.07, 6.45) is 12.0. The molecule has 10 atom stereocenters. The summed E-state index contributed by atoms with van der Waals surface area (Å²) in [5, 5.41) is 31.9. The molecule has 7 heteroatoms. The first kappa shape index (κ1) is 37.5. The zero-order chi connectivity index (χ0) is 34.7. The summed E-state index contributed by atoms with van der Waals surface area (Å²) < 4.78 is 55.2. The van der Waals surface area contributed by atoms with E-state index in [-0.39, 0.29) is 48.3 Å². The van der Waals surface area contributed by atoms with E-state index in [9.17, 15) is 27.8 Å². The first-order valence-electron chi connectivity index (χ1n) is 19.2. The molecule has 0 aromatic rings. The second-order valence-corrected chi connectivity index (χ2v) is 16.4. The predicted octanol–water partition coefficient (Wildman–Crippen LogP) is 10.9. The molecule has 270 valence electrons. The van der Waals surface area contributed by atoms with Crippen LogP contribution in [0, 0.1) is 58.7 Å². The summed E-state index contributed by atoms with van der Waals surface area (Å²) in [6, 6.07) is 0.